The van der Waals surface area contributed by atoms with E-state index in [2.05, 4.69) is 9.82 Å². The van der Waals surface area contributed by atoms with E-state index in [0.717, 1.165) is 6.26 Å². The van der Waals surface area contributed by atoms with Gasteiger partial charge in [0.1, 0.15) is 0 Å². The van der Waals surface area contributed by atoms with E-state index in [-0.39, 0.29) is 17.9 Å². The molecule has 1 fully saturated rings. The normalized spacial score (nSPS) is 18.7. The minimum atomic E-state index is -3.18. The highest BCUT2D eigenvalue weighted by molar-refractivity contribution is 7.88. The lowest BCUT2D eigenvalue weighted by atomic mass is 10.0. The summed E-state index contributed by atoms with van der Waals surface area (Å²) >= 11 is 0. The van der Waals surface area contributed by atoms with Crippen LogP contribution in [0.5, 0.6) is 0 Å². The molecule has 2 heterocycles. The van der Waals surface area contributed by atoms with Crippen LogP contribution < -0.4 is 4.72 Å². The quantitative estimate of drug-likeness (QED) is 0.833. The van der Waals surface area contributed by atoms with E-state index in [1.807, 2.05) is 24.1 Å². The number of piperidine rings is 1. The van der Waals surface area contributed by atoms with Crippen LogP contribution in [0.1, 0.15) is 19.8 Å². The van der Waals surface area contributed by atoms with E-state index in [4.69, 9.17) is 0 Å². The number of hydrogen-bond donors (Lipinski definition) is 1. The smallest absolute Gasteiger partial charge is 0.227 e. The number of aromatic nitrogens is 2. The van der Waals surface area contributed by atoms with Crippen molar-refractivity contribution in [2.45, 2.75) is 32.4 Å². The third-order valence-electron chi connectivity index (χ3n) is 3.63. The highest BCUT2D eigenvalue weighted by Crippen LogP contribution is 2.15. The molecule has 0 unspecified atom stereocenters. The topological polar surface area (TPSA) is 84.3 Å². The largest absolute Gasteiger partial charge is 0.342 e. The van der Waals surface area contributed by atoms with E-state index < -0.39 is 10.0 Å². The molecule has 21 heavy (non-hydrogen) atoms. The van der Waals surface area contributed by atoms with Gasteiger partial charge < -0.3 is 4.90 Å². The van der Waals surface area contributed by atoms with Gasteiger partial charge in [-0.2, -0.15) is 5.10 Å². The predicted molar refractivity (Wildman–Crippen MR) is 79.0 cm³/mol. The number of amides is 1. The molecular weight excluding hydrogens is 292 g/mol. The number of carbonyl (C=O) groups excluding carboxylic acids is 1. The van der Waals surface area contributed by atoms with Crippen molar-refractivity contribution in [1.29, 1.82) is 0 Å². The van der Waals surface area contributed by atoms with Gasteiger partial charge in [0, 0.05) is 31.5 Å². The zero-order chi connectivity index (χ0) is 15.5. The predicted octanol–water partition coefficient (Wildman–Crippen LogP) is 0.0594. The van der Waals surface area contributed by atoms with Crippen molar-refractivity contribution in [2.24, 2.45) is 5.92 Å². The summed E-state index contributed by atoms with van der Waals surface area (Å²) in [6.45, 7) is 3.64. The van der Waals surface area contributed by atoms with Crippen LogP contribution >= 0.6 is 0 Å². The number of carbonyl (C=O) groups is 1. The third-order valence-corrected chi connectivity index (χ3v) is 4.39. The molecule has 1 amide bonds. The second kappa shape index (κ2) is 6.57. The van der Waals surface area contributed by atoms with Gasteiger partial charge in [-0.15, -0.1) is 0 Å². The molecule has 1 aliphatic rings. The van der Waals surface area contributed by atoms with Crippen LogP contribution in [0, 0.1) is 5.92 Å². The number of rotatable bonds is 5. The average molecular weight is 314 g/mol. The Morgan fingerprint density at radius 2 is 2.10 bits per heavy atom. The molecule has 1 aromatic heterocycles. The first-order chi connectivity index (χ1) is 9.85. The van der Waals surface area contributed by atoms with E-state index >= 15 is 0 Å². The second-order valence-corrected chi connectivity index (χ2v) is 7.40. The molecule has 0 bridgehead atoms. The zero-order valence-corrected chi connectivity index (χ0v) is 13.2. The van der Waals surface area contributed by atoms with Crippen LogP contribution in [0.25, 0.3) is 0 Å². The van der Waals surface area contributed by atoms with Crippen molar-refractivity contribution in [3.8, 4) is 0 Å². The molecule has 1 aliphatic heterocycles. The highest BCUT2D eigenvalue weighted by atomic mass is 32.2. The van der Waals surface area contributed by atoms with Gasteiger partial charge in [-0.1, -0.05) is 6.92 Å². The van der Waals surface area contributed by atoms with Gasteiger partial charge in [0.15, 0.2) is 0 Å². The Morgan fingerprint density at radius 3 is 2.62 bits per heavy atom. The van der Waals surface area contributed by atoms with Gasteiger partial charge in [-0.05, 0) is 18.9 Å². The van der Waals surface area contributed by atoms with Crippen LogP contribution in [0.15, 0.2) is 18.5 Å². The van der Waals surface area contributed by atoms with Crippen molar-refractivity contribution >= 4 is 15.9 Å². The summed E-state index contributed by atoms with van der Waals surface area (Å²) in [6.07, 6.45) is 6.02. The summed E-state index contributed by atoms with van der Waals surface area (Å²) in [4.78, 5) is 14.2. The van der Waals surface area contributed by atoms with Gasteiger partial charge in [0.25, 0.3) is 0 Å². The first-order valence-corrected chi connectivity index (χ1v) is 8.98. The Bertz CT molecular complexity index is 562. The third kappa shape index (κ3) is 4.82. The fourth-order valence-corrected chi connectivity index (χ4v) is 3.44. The van der Waals surface area contributed by atoms with E-state index in [0.29, 0.717) is 32.5 Å². The number of hydrogen-bond acceptors (Lipinski definition) is 4. The molecule has 2 rings (SSSR count). The molecule has 0 saturated carbocycles. The lowest BCUT2D eigenvalue weighted by Gasteiger charge is -2.33. The molecule has 8 heteroatoms. The van der Waals surface area contributed by atoms with Gasteiger partial charge >= 0.3 is 0 Å². The van der Waals surface area contributed by atoms with Crippen LogP contribution in [0.3, 0.4) is 0 Å². The maximum absolute atomic E-state index is 12.4. The molecule has 0 aromatic carbocycles. The first kappa shape index (κ1) is 16.0. The van der Waals surface area contributed by atoms with Gasteiger partial charge in [0.2, 0.25) is 15.9 Å². The summed E-state index contributed by atoms with van der Waals surface area (Å²) in [6, 6.07) is 1.77. The molecule has 1 aromatic rings. The number of nitrogens with zero attached hydrogens (tertiary/aromatic N) is 3. The van der Waals surface area contributed by atoms with Crippen molar-refractivity contribution in [1.82, 2.24) is 19.4 Å². The Kier molecular flexibility index (Phi) is 5.00. The molecule has 0 aliphatic carbocycles. The molecule has 1 atom stereocenters. The monoisotopic (exact) mass is 314 g/mol. The van der Waals surface area contributed by atoms with Crippen LogP contribution in [0.2, 0.25) is 0 Å². The maximum Gasteiger partial charge on any atom is 0.227 e. The standard InChI is InChI=1S/C13H22N4O3S/c1-11(10-17-7-3-6-14-17)13(18)16-8-4-12(5-9-16)15-21(2,19)20/h3,6-7,11-12,15H,4-5,8-10H2,1-2H3/t11-/m0/s1. The molecule has 7 nitrogen and oxygen atoms in total. The summed E-state index contributed by atoms with van der Waals surface area (Å²) in [7, 11) is -3.18. The Labute approximate surface area is 125 Å². The maximum atomic E-state index is 12.4. The molecule has 1 saturated heterocycles. The van der Waals surface area contributed by atoms with E-state index in [9.17, 15) is 13.2 Å². The number of nitrogens with one attached hydrogen (secondary N) is 1. The lowest BCUT2D eigenvalue weighted by molar-refractivity contribution is -0.136. The Morgan fingerprint density at radius 1 is 1.43 bits per heavy atom. The van der Waals surface area contributed by atoms with Crippen molar-refractivity contribution in [2.75, 3.05) is 19.3 Å². The van der Waals surface area contributed by atoms with Crippen LogP contribution in [0.4, 0.5) is 0 Å². The highest BCUT2D eigenvalue weighted by Gasteiger charge is 2.27. The number of likely N-dealkylation sites (tertiary alicyclic amines) is 1. The minimum Gasteiger partial charge on any atom is -0.342 e. The number of sulfonamides is 1. The first-order valence-electron chi connectivity index (χ1n) is 7.08. The fourth-order valence-electron chi connectivity index (χ4n) is 2.60. The molecule has 118 valence electrons. The minimum absolute atomic E-state index is 0.0644. The summed E-state index contributed by atoms with van der Waals surface area (Å²) < 4.78 is 26.8. The summed E-state index contributed by atoms with van der Waals surface area (Å²) in [5.41, 5.74) is 0. The lowest BCUT2D eigenvalue weighted by Crippen LogP contribution is -2.48. The average Bonchev–Trinajstić information content (AvgIpc) is 2.90. The van der Waals surface area contributed by atoms with Crippen molar-refractivity contribution in [3.63, 3.8) is 0 Å². The summed E-state index contributed by atoms with van der Waals surface area (Å²) in [5.74, 6) is -0.0346. The van der Waals surface area contributed by atoms with Gasteiger partial charge in [-0.25, -0.2) is 13.1 Å². The van der Waals surface area contributed by atoms with Crippen LogP contribution in [-0.4, -0.2) is 54.4 Å². The molecule has 0 radical (unpaired) electrons. The van der Waals surface area contributed by atoms with Crippen molar-refractivity contribution in [3.05, 3.63) is 18.5 Å². The van der Waals surface area contributed by atoms with Crippen molar-refractivity contribution < 1.29 is 13.2 Å². The molecular formula is C13H22N4O3S. The Balaban J connectivity index is 1.82. The molecule has 1 N–H and O–H groups in total. The molecule has 0 spiro atoms. The van der Waals surface area contributed by atoms with E-state index in [1.165, 1.54) is 0 Å². The Hall–Kier alpha value is -1.41. The SMILES string of the molecule is C[C@@H](Cn1cccn1)C(=O)N1CCC(NS(C)(=O)=O)CC1. The van der Waals surface area contributed by atoms with Gasteiger partial charge in [0.05, 0.1) is 18.7 Å². The fraction of sp³-hybridized carbons (Fsp3) is 0.692. The second-order valence-electron chi connectivity index (χ2n) is 5.62. The van der Waals surface area contributed by atoms with E-state index in [1.54, 1.807) is 10.9 Å². The summed E-state index contributed by atoms with van der Waals surface area (Å²) in [5, 5.41) is 4.11. The zero-order valence-electron chi connectivity index (χ0n) is 12.4. The van der Waals surface area contributed by atoms with Gasteiger partial charge in [-0.3, -0.25) is 9.48 Å². The van der Waals surface area contributed by atoms with Crippen LogP contribution in [-0.2, 0) is 21.4 Å².